The van der Waals surface area contributed by atoms with Crippen molar-refractivity contribution in [3.8, 4) is 11.4 Å². The average molecular weight is 388 g/mol. The number of aliphatic hydroxyl groups excluding tert-OH is 1. The third-order valence-corrected chi connectivity index (χ3v) is 4.56. The molecule has 1 heterocycles. The van der Waals surface area contributed by atoms with Crippen LogP contribution in [0.2, 0.25) is 0 Å². The third-order valence-electron chi connectivity index (χ3n) is 4.56. The Morgan fingerprint density at radius 2 is 1.62 bits per heavy atom. The summed E-state index contributed by atoms with van der Waals surface area (Å²) >= 11 is 0. The molecule has 1 aromatic heterocycles. The Balaban J connectivity index is 1.64. The average Bonchev–Trinajstić information content (AvgIpc) is 3.17. The second-order valence-corrected chi connectivity index (χ2v) is 6.60. The predicted molar refractivity (Wildman–Crippen MR) is 109 cm³/mol. The summed E-state index contributed by atoms with van der Waals surface area (Å²) in [6.45, 7) is 0.368. The maximum absolute atomic E-state index is 11.2. The zero-order valence-corrected chi connectivity index (χ0v) is 15.7. The van der Waals surface area contributed by atoms with Crippen LogP contribution >= 0.6 is 0 Å². The number of nitrogens with zero attached hydrogens (tertiary/aromatic N) is 3. The van der Waals surface area contributed by atoms with Gasteiger partial charge >= 0.3 is 0 Å². The number of aliphatic hydroxyl groups is 1. The first-order valence-electron chi connectivity index (χ1n) is 9.22. The molecule has 4 rings (SSSR count). The van der Waals surface area contributed by atoms with Gasteiger partial charge in [0.15, 0.2) is 0 Å². The van der Waals surface area contributed by atoms with Gasteiger partial charge in [-0.15, -0.1) is 15.0 Å². The second kappa shape index (κ2) is 8.12. The maximum atomic E-state index is 11.2. The van der Waals surface area contributed by atoms with E-state index in [4.69, 9.17) is 10.5 Å². The Labute approximate surface area is 167 Å². The Morgan fingerprint density at radius 3 is 2.24 bits per heavy atom. The minimum Gasteiger partial charge on any atom is -0.487 e. The zero-order chi connectivity index (χ0) is 20.2. The lowest BCUT2D eigenvalue weighted by Crippen LogP contribution is -2.10. The smallest absolute Gasteiger partial charge is 0.248 e. The molecule has 1 amide bonds. The summed E-state index contributed by atoms with van der Waals surface area (Å²) in [4.78, 5) is 12.8. The first-order valence-corrected chi connectivity index (χ1v) is 9.22. The fourth-order valence-electron chi connectivity index (χ4n) is 3.02. The summed E-state index contributed by atoms with van der Waals surface area (Å²) < 4.78 is 6.03. The van der Waals surface area contributed by atoms with Gasteiger partial charge < -0.3 is 15.6 Å². The fraction of sp³-hybridized carbons (Fsp3) is 0.136. The number of aromatic nitrogens is 3. The van der Waals surface area contributed by atoms with Gasteiger partial charge in [0, 0.05) is 12.2 Å². The molecule has 3 aromatic carbocycles. The van der Waals surface area contributed by atoms with Gasteiger partial charge in [-0.1, -0.05) is 30.3 Å². The van der Waals surface area contributed by atoms with Crippen molar-refractivity contribution in [2.24, 2.45) is 5.73 Å². The highest BCUT2D eigenvalue weighted by Crippen LogP contribution is 2.26. The lowest BCUT2D eigenvalue weighted by molar-refractivity contribution is 0.1000. The molecule has 29 heavy (non-hydrogen) atoms. The van der Waals surface area contributed by atoms with Gasteiger partial charge in [0.05, 0.1) is 0 Å². The summed E-state index contributed by atoms with van der Waals surface area (Å²) in [5.74, 6) is 0.155. The van der Waals surface area contributed by atoms with Gasteiger partial charge in [-0.2, -0.15) is 0 Å². The Morgan fingerprint density at radius 1 is 0.966 bits per heavy atom. The van der Waals surface area contributed by atoms with E-state index in [2.05, 4.69) is 10.2 Å². The summed E-state index contributed by atoms with van der Waals surface area (Å²) in [7, 11) is 0. The number of carbonyl (C=O) groups excluding carboxylic acids is 1. The second-order valence-electron chi connectivity index (χ2n) is 6.60. The van der Waals surface area contributed by atoms with Crippen LogP contribution in [-0.2, 0) is 13.0 Å². The van der Waals surface area contributed by atoms with E-state index in [1.165, 1.54) is 0 Å². The number of carbonyl (C=O) groups is 1. The van der Waals surface area contributed by atoms with Crippen molar-refractivity contribution in [2.45, 2.75) is 13.0 Å². The van der Waals surface area contributed by atoms with Crippen molar-refractivity contribution >= 4 is 16.9 Å². The molecule has 0 unspecified atom stereocenters. The first kappa shape index (κ1) is 18.6. The molecule has 3 N–H and O–H groups in total. The molecule has 7 heteroatoms. The van der Waals surface area contributed by atoms with Gasteiger partial charge in [0.25, 0.3) is 0 Å². The maximum Gasteiger partial charge on any atom is 0.248 e. The Hall–Kier alpha value is -3.71. The molecule has 4 aromatic rings. The van der Waals surface area contributed by atoms with Crippen LogP contribution in [0.1, 0.15) is 21.5 Å². The quantitative estimate of drug-likeness (QED) is 0.507. The van der Waals surface area contributed by atoms with Crippen LogP contribution in [0, 0.1) is 0 Å². The van der Waals surface area contributed by atoms with Gasteiger partial charge in [-0.3, -0.25) is 4.79 Å². The molecular formula is C22H20N4O3. The zero-order valence-electron chi connectivity index (χ0n) is 15.7. The van der Waals surface area contributed by atoms with Crippen LogP contribution < -0.4 is 10.5 Å². The van der Waals surface area contributed by atoms with E-state index in [9.17, 15) is 9.90 Å². The predicted octanol–water partition coefficient (Wildman–Crippen LogP) is 2.63. The minimum atomic E-state index is -0.462. The number of primary amides is 1. The van der Waals surface area contributed by atoms with Crippen LogP contribution in [0.15, 0.2) is 66.7 Å². The van der Waals surface area contributed by atoms with Crippen molar-refractivity contribution in [3.05, 3.63) is 83.4 Å². The molecule has 146 valence electrons. The van der Waals surface area contributed by atoms with E-state index < -0.39 is 5.91 Å². The lowest BCUT2D eigenvalue weighted by Gasteiger charge is -2.12. The highest BCUT2D eigenvalue weighted by atomic mass is 16.5. The molecule has 0 aliphatic heterocycles. The number of nitrogens with two attached hydrogens (primary N) is 1. The van der Waals surface area contributed by atoms with Crippen LogP contribution in [-0.4, -0.2) is 32.6 Å². The Kier molecular flexibility index (Phi) is 5.22. The van der Waals surface area contributed by atoms with Crippen molar-refractivity contribution in [3.63, 3.8) is 0 Å². The van der Waals surface area contributed by atoms with Gasteiger partial charge in [0.2, 0.25) is 5.91 Å². The largest absolute Gasteiger partial charge is 0.487 e. The normalized spacial score (nSPS) is 10.9. The molecule has 0 aliphatic carbocycles. The van der Waals surface area contributed by atoms with E-state index in [0.717, 1.165) is 22.2 Å². The Bertz CT molecular complexity index is 1120. The molecule has 0 radical (unpaired) electrons. The molecule has 0 aliphatic rings. The molecule has 0 bridgehead atoms. The fourth-order valence-corrected chi connectivity index (χ4v) is 3.02. The van der Waals surface area contributed by atoms with E-state index in [-0.39, 0.29) is 6.61 Å². The minimum absolute atomic E-state index is 0.0559. The van der Waals surface area contributed by atoms with E-state index in [1.807, 2.05) is 42.5 Å². The summed E-state index contributed by atoms with van der Waals surface area (Å²) in [6.07, 6.45) is 0.530. The molecule has 0 saturated carbocycles. The summed E-state index contributed by atoms with van der Waals surface area (Å²) in [5, 5.41) is 18.4. The van der Waals surface area contributed by atoms with Crippen LogP contribution in [0.5, 0.6) is 5.75 Å². The monoisotopic (exact) mass is 388 g/mol. The molecule has 0 saturated heterocycles. The first-order chi connectivity index (χ1) is 14.1. The molecule has 0 spiro atoms. The number of amides is 1. The molecule has 0 atom stereocenters. The van der Waals surface area contributed by atoms with Crippen molar-refractivity contribution in [2.75, 3.05) is 6.61 Å². The summed E-state index contributed by atoms with van der Waals surface area (Å²) in [5.41, 5.74) is 9.86. The summed E-state index contributed by atoms with van der Waals surface area (Å²) in [6, 6.07) is 20.3. The number of ether oxygens (including phenoxy) is 1. The van der Waals surface area contributed by atoms with E-state index in [1.54, 1.807) is 29.1 Å². The van der Waals surface area contributed by atoms with Crippen LogP contribution in [0.4, 0.5) is 0 Å². The molecule has 7 nitrogen and oxygen atoms in total. The number of hydrogen-bond donors (Lipinski definition) is 2. The van der Waals surface area contributed by atoms with Crippen LogP contribution in [0.3, 0.4) is 0 Å². The SMILES string of the molecule is NC(=O)c1ccc(COc2ccc(CCO)cc2-n2nc3ccccc3n2)cc1. The van der Waals surface area contributed by atoms with E-state index in [0.29, 0.717) is 30.0 Å². The highest BCUT2D eigenvalue weighted by molar-refractivity contribution is 5.92. The van der Waals surface area contributed by atoms with E-state index >= 15 is 0 Å². The van der Waals surface area contributed by atoms with Crippen molar-refractivity contribution < 1.29 is 14.6 Å². The number of fused-ring (bicyclic) bond motifs is 1. The number of rotatable bonds is 7. The number of hydrogen-bond acceptors (Lipinski definition) is 5. The van der Waals surface area contributed by atoms with Gasteiger partial charge in [-0.25, -0.2) is 0 Å². The molecule has 0 fully saturated rings. The van der Waals surface area contributed by atoms with Crippen molar-refractivity contribution in [1.29, 1.82) is 0 Å². The van der Waals surface area contributed by atoms with Crippen molar-refractivity contribution in [1.82, 2.24) is 15.0 Å². The number of benzene rings is 3. The standard InChI is InChI=1S/C22H20N4O3/c23-22(28)17-8-5-16(6-9-17)14-29-21-10-7-15(11-12-27)13-20(21)26-24-18-3-1-2-4-19(18)25-26/h1-10,13,27H,11-12,14H2,(H2,23,28). The third kappa shape index (κ3) is 4.09. The van der Waals surface area contributed by atoms with Crippen LogP contribution in [0.25, 0.3) is 16.7 Å². The van der Waals surface area contributed by atoms with Gasteiger partial charge in [0.1, 0.15) is 29.1 Å². The lowest BCUT2D eigenvalue weighted by atomic mass is 10.1. The van der Waals surface area contributed by atoms with Gasteiger partial charge in [-0.05, 0) is 53.9 Å². The molecular weight excluding hydrogens is 368 g/mol. The topological polar surface area (TPSA) is 103 Å². The highest BCUT2D eigenvalue weighted by Gasteiger charge is 2.12.